The summed E-state index contributed by atoms with van der Waals surface area (Å²) >= 11 is 1.60. The minimum Gasteiger partial charge on any atom is -0.466 e. The fourth-order valence-corrected chi connectivity index (χ4v) is 3.99. The van der Waals surface area contributed by atoms with E-state index in [2.05, 4.69) is 4.90 Å². The van der Waals surface area contributed by atoms with Crippen LogP contribution in [0, 0.1) is 12.8 Å². The van der Waals surface area contributed by atoms with Gasteiger partial charge in [0.05, 0.1) is 18.2 Å². The monoisotopic (exact) mass is 331 g/mol. The second kappa shape index (κ2) is 6.71. The van der Waals surface area contributed by atoms with Gasteiger partial charge in [0.2, 0.25) is 5.43 Å². The molecule has 0 atom stereocenters. The zero-order valence-corrected chi connectivity index (χ0v) is 14.3. The molecule has 1 aliphatic rings. The largest absolute Gasteiger partial charge is 0.466 e. The number of fused-ring (bicyclic) bond motifs is 1. The van der Waals surface area contributed by atoms with Crippen molar-refractivity contribution >= 4 is 33.1 Å². The maximum atomic E-state index is 12.8. The van der Waals surface area contributed by atoms with E-state index in [1.54, 1.807) is 11.3 Å². The number of aryl methyl sites for hydroxylation is 1. The molecule has 0 saturated carbocycles. The Morgan fingerprint density at radius 1 is 1.35 bits per heavy atom. The first kappa shape index (κ1) is 16.0. The zero-order valence-electron chi connectivity index (χ0n) is 13.5. The van der Waals surface area contributed by atoms with Crippen LogP contribution in [-0.2, 0) is 9.53 Å². The van der Waals surface area contributed by atoms with E-state index < -0.39 is 0 Å². The lowest BCUT2D eigenvalue weighted by Gasteiger charge is -2.32. The van der Waals surface area contributed by atoms with E-state index in [0.717, 1.165) is 47.3 Å². The summed E-state index contributed by atoms with van der Waals surface area (Å²) in [5, 5.41) is 2.74. The summed E-state index contributed by atoms with van der Waals surface area (Å²) in [6.45, 7) is 5.71. The van der Waals surface area contributed by atoms with Gasteiger partial charge in [-0.1, -0.05) is 11.6 Å². The highest BCUT2D eigenvalue weighted by Crippen LogP contribution is 2.26. The standard InChI is InChI=1S/C18H21NO3S/c1-3-22-18(21)13-6-8-19(9-7-13)15-11-23-16-5-4-12(2)10-14(16)17(15)20/h4-5,10-11,13H,3,6-9H2,1-2H3. The minimum absolute atomic E-state index is 0.0346. The Labute approximate surface area is 139 Å². The molecule has 0 N–H and O–H groups in total. The van der Waals surface area contributed by atoms with E-state index in [4.69, 9.17) is 4.74 Å². The summed E-state index contributed by atoms with van der Waals surface area (Å²) < 4.78 is 6.12. The van der Waals surface area contributed by atoms with Gasteiger partial charge in [-0.3, -0.25) is 9.59 Å². The molecular weight excluding hydrogens is 310 g/mol. The number of hydrogen-bond acceptors (Lipinski definition) is 5. The Hall–Kier alpha value is -1.88. The Morgan fingerprint density at radius 2 is 2.09 bits per heavy atom. The second-order valence-electron chi connectivity index (χ2n) is 5.96. The number of benzene rings is 1. The van der Waals surface area contributed by atoms with Crippen molar-refractivity contribution in [1.29, 1.82) is 0 Å². The van der Waals surface area contributed by atoms with Crippen LogP contribution in [0.2, 0.25) is 0 Å². The van der Waals surface area contributed by atoms with Gasteiger partial charge in [0.15, 0.2) is 0 Å². The van der Waals surface area contributed by atoms with Crippen molar-refractivity contribution in [1.82, 2.24) is 0 Å². The molecule has 2 aromatic rings. The molecule has 0 radical (unpaired) electrons. The average Bonchev–Trinajstić information content (AvgIpc) is 2.56. The second-order valence-corrected chi connectivity index (χ2v) is 6.87. The maximum absolute atomic E-state index is 12.8. The van der Waals surface area contributed by atoms with Gasteiger partial charge in [0, 0.05) is 28.6 Å². The van der Waals surface area contributed by atoms with E-state index in [1.807, 2.05) is 37.4 Å². The summed E-state index contributed by atoms with van der Waals surface area (Å²) in [7, 11) is 0. The number of carbonyl (C=O) groups is 1. The summed E-state index contributed by atoms with van der Waals surface area (Å²) in [6.07, 6.45) is 1.49. The van der Waals surface area contributed by atoms with Crippen LogP contribution in [0.15, 0.2) is 28.4 Å². The van der Waals surface area contributed by atoms with E-state index in [-0.39, 0.29) is 17.3 Å². The summed E-state index contributed by atoms with van der Waals surface area (Å²) in [4.78, 5) is 26.7. The predicted octanol–water partition coefficient (Wildman–Crippen LogP) is 3.35. The van der Waals surface area contributed by atoms with Crippen molar-refractivity contribution in [3.63, 3.8) is 0 Å². The number of rotatable bonds is 3. The number of piperidine rings is 1. The first-order valence-corrected chi connectivity index (χ1v) is 8.92. The third-order valence-electron chi connectivity index (χ3n) is 4.37. The van der Waals surface area contributed by atoms with Gasteiger partial charge in [-0.25, -0.2) is 0 Å². The molecule has 0 aliphatic carbocycles. The third kappa shape index (κ3) is 3.24. The molecule has 0 bridgehead atoms. The molecular formula is C18H21NO3S. The Morgan fingerprint density at radius 3 is 2.78 bits per heavy atom. The predicted molar refractivity (Wildman–Crippen MR) is 94.4 cm³/mol. The van der Waals surface area contributed by atoms with Crippen LogP contribution in [0.1, 0.15) is 25.3 Å². The first-order valence-electron chi connectivity index (χ1n) is 8.04. The van der Waals surface area contributed by atoms with E-state index in [9.17, 15) is 9.59 Å². The molecule has 1 aromatic heterocycles. The zero-order chi connectivity index (χ0) is 16.4. The van der Waals surface area contributed by atoms with E-state index in [1.165, 1.54) is 0 Å². The van der Waals surface area contributed by atoms with Crippen molar-refractivity contribution in [3.8, 4) is 0 Å². The summed E-state index contributed by atoms with van der Waals surface area (Å²) in [5.41, 5.74) is 1.95. The molecule has 1 aliphatic heterocycles. The van der Waals surface area contributed by atoms with Crippen LogP contribution >= 0.6 is 11.3 Å². The van der Waals surface area contributed by atoms with E-state index >= 15 is 0 Å². The molecule has 1 aromatic carbocycles. The fraction of sp³-hybridized carbons (Fsp3) is 0.444. The number of esters is 1. The van der Waals surface area contributed by atoms with Gasteiger partial charge in [-0.05, 0) is 38.8 Å². The number of anilines is 1. The van der Waals surface area contributed by atoms with Crippen molar-refractivity contribution < 1.29 is 9.53 Å². The highest BCUT2D eigenvalue weighted by atomic mass is 32.1. The minimum atomic E-state index is -0.105. The van der Waals surface area contributed by atoms with Crippen LogP contribution in [0.5, 0.6) is 0 Å². The van der Waals surface area contributed by atoms with E-state index in [0.29, 0.717) is 6.61 Å². The van der Waals surface area contributed by atoms with Crippen molar-refractivity contribution in [2.45, 2.75) is 26.7 Å². The molecule has 1 saturated heterocycles. The molecule has 0 amide bonds. The lowest BCUT2D eigenvalue weighted by molar-refractivity contribution is -0.148. The molecule has 2 heterocycles. The molecule has 3 rings (SSSR count). The maximum Gasteiger partial charge on any atom is 0.309 e. The topological polar surface area (TPSA) is 46.6 Å². The van der Waals surface area contributed by atoms with Crippen LogP contribution in [0.25, 0.3) is 10.1 Å². The Kier molecular flexibility index (Phi) is 4.66. The van der Waals surface area contributed by atoms with Crippen LogP contribution in [-0.4, -0.2) is 25.7 Å². The van der Waals surface area contributed by atoms with Gasteiger partial charge >= 0.3 is 5.97 Å². The number of carbonyl (C=O) groups excluding carboxylic acids is 1. The summed E-state index contributed by atoms with van der Waals surface area (Å²) in [6, 6.07) is 6.00. The third-order valence-corrected chi connectivity index (χ3v) is 5.32. The Bertz CT molecular complexity index is 775. The van der Waals surface area contributed by atoms with Crippen molar-refractivity contribution in [2.24, 2.45) is 5.92 Å². The van der Waals surface area contributed by atoms with Crippen LogP contribution in [0.3, 0.4) is 0 Å². The highest BCUT2D eigenvalue weighted by molar-refractivity contribution is 7.16. The van der Waals surface area contributed by atoms with Gasteiger partial charge in [0.25, 0.3) is 0 Å². The number of nitrogens with zero attached hydrogens (tertiary/aromatic N) is 1. The molecule has 4 nitrogen and oxygen atoms in total. The number of ether oxygens (including phenoxy) is 1. The van der Waals surface area contributed by atoms with Crippen LogP contribution < -0.4 is 10.3 Å². The molecule has 0 spiro atoms. The quantitative estimate of drug-likeness (QED) is 0.809. The average molecular weight is 331 g/mol. The molecule has 5 heteroatoms. The van der Waals surface area contributed by atoms with Gasteiger partial charge < -0.3 is 9.64 Å². The van der Waals surface area contributed by atoms with Crippen molar-refractivity contribution in [3.05, 3.63) is 39.4 Å². The fourth-order valence-electron chi connectivity index (χ4n) is 3.07. The molecule has 23 heavy (non-hydrogen) atoms. The Balaban J connectivity index is 1.81. The molecule has 122 valence electrons. The SMILES string of the molecule is CCOC(=O)C1CCN(c2csc3ccc(C)cc3c2=O)CC1. The molecule has 0 unspecified atom stereocenters. The lowest BCUT2D eigenvalue weighted by atomic mass is 9.96. The van der Waals surface area contributed by atoms with Crippen LogP contribution in [0.4, 0.5) is 5.69 Å². The van der Waals surface area contributed by atoms with Gasteiger partial charge in [0.1, 0.15) is 0 Å². The smallest absolute Gasteiger partial charge is 0.309 e. The lowest BCUT2D eigenvalue weighted by Crippen LogP contribution is -2.38. The first-order chi connectivity index (χ1) is 11.1. The normalized spacial score (nSPS) is 15.8. The molecule has 1 fully saturated rings. The number of hydrogen-bond donors (Lipinski definition) is 0. The van der Waals surface area contributed by atoms with Gasteiger partial charge in [-0.2, -0.15) is 0 Å². The highest BCUT2D eigenvalue weighted by Gasteiger charge is 2.27. The van der Waals surface area contributed by atoms with Crippen molar-refractivity contribution in [2.75, 3.05) is 24.6 Å². The van der Waals surface area contributed by atoms with Gasteiger partial charge in [-0.15, -0.1) is 11.3 Å². The summed E-state index contributed by atoms with van der Waals surface area (Å²) in [5.74, 6) is -0.140.